The van der Waals surface area contributed by atoms with Gasteiger partial charge in [0.25, 0.3) is 0 Å². The number of halogens is 2. The van der Waals surface area contributed by atoms with E-state index in [1.165, 1.54) is 0 Å². The number of hydrogen-bond donors (Lipinski definition) is 1. The maximum Gasteiger partial charge on any atom is 0.229 e. The normalized spacial score (nSPS) is 21.8. The Bertz CT molecular complexity index is 361. The maximum atomic E-state index is 13.2. The highest BCUT2D eigenvalue weighted by Gasteiger charge is 2.19. The molecule has 1 saturated heterocycles. The third-order valence-corrected chi connectivity index (χ3v) is 3.10. The number of β-amino-alcohol motifs (C(OH)–C–C–N with tert-alkyl or cyclic N) is 1. The molecule has 1 N–H and O–H groups in total. The minimum atomic E-state index is -0.507. The number of anilines is 1. The lowest BCUT2D eigenvalue weighted by Gasteiger charge is -2.30. The SMILES string of the molecule is O[C@@H]1CCCN(c2ccc(Br)c(F)n2)C1. The average Bonchev–Trinajstić information content (AvgIpc) is 2.22. The highest BCUT2D eigenvalue weighted by atomic mass is 79.9. The first kappa shape index (κ1) is 10.8. The molecule has 2 heterocycles. The highest BCUT2D eigenvalue weighted by molar-refractivity contribution is 9.10. The van der Waals surface area contributed by atoms with E-state index in [1.807, 2.05) is 4.90 Å². The summed E-state index contributed by atoms with van der Waals surface area (Å²) in [5, 5.41) is 9.49. The second-order valence-electron chi connectivity index (χ2n) is 3.68. The second kappa shape index (κ2) is 4.45. The van der Waals surface area contributed by atoms with Gasteiger partial charge in [-0.05, 0) is 40.9 Å². The first-order valence-corrected chi connectivity index (χ1v) is 5.71. The van der Waals surface area contributed by atoms with E-state index in [-0.39, 0.29) is 6.10 Å². The largest absolute Gasteiger partial charge is 0.391 e. The molecule has 15 heavy (non-hydrogen) atoms. The van der Waals surface area contributed by atoms with Crippen molar-refractivity contribution in [1.29, 1.82) is 0 Å². The van der Waals surface area contributed by atoms with Crippen LogP contribution in [-0.2, 0) is 0 Å². The predicted molar refractivity (Wildman–Crippen MR) is 59.3 cm³/mol. The molecule has 1 fully saturated rings. The summed E-state index contributed by atoms with van der Waals surface area (Å²) in [6.07, 6.45) is 1.41. The van der Waals surface area contributed by atoms with Gasteiger partial charge in [-0.2, -0.15) is 4.39 Å². The molecular formula is C10H12BrFN2O. The fourth-order valence-corrected chi connectivity index (χ4v) is 1.97. The fraction of sp³-hybridized carbons (Fsp3) is 0.500. The average molecular weight is 275 g/mol. The first-order chi connectivity index (χ1) is 7.16. The molecule has 2 rings (SSSR count). The van der Waals surface area contributed by atoms with Crippen LogP contribution in [0.15, 0.2) is 16.6 Å². The number of hydrogen-bond acceptors (Lipinski definition) is 3. The molecule has 0 aromatic carbocycles. The van der Waals surface area contributed by atoms with Crippen LogP contribution in [0.25, 0.3) is 0 Å². The van der Waals surface area contributed by atoms with Crippen molar-refractivity contribution in [2.24, 2.45) is 0 Å². The number of aliphatic hydroxyl groups is 1. The van der Waals surface area contributed by atoms with Crippen molar-refractivity contribution in [1.82, 2.24) is 4.98 Å². The van der Waals surface area contributed by atoms with Crippen LogP contribution >= 0.6 is 15.9 Å². The summed E-state index contributed by atoms with van der Waals surface area (Å²) >= 11 is 3.06. The molecule has 0 amide bonds. The summed E-state index contributed by atoms with van der Waals surface area (Å²) in [7, 11) is 0. The molecule has 0 unspecified atom stereocenters. The number of aromatic nitrogens is 1. The first-order valence-electron chi connectivity index (χ1n) is 4.92. The molecule has 0 aliphatic carbocycles. The Hall–Kier alpha value is -0.680. The van der Waals surface area contributed by atoms with Crippen LogP contribution in [0.1, 0.15) is 12.8 Å². The zero-order chi connectivity index (χ0) is 10.8. The van der Waals surface area contributed by atoms with Crippen molar-refractivity contribution >= 4 is 21.7 Å². The van der Waals surface area contributed by atoms with Gasteiger partial charge in [-0.25, -0.2) is 4.98 Å². The second-order valence-corrected chi connectivity index (χ2v) is 4.54. The van der Waals surface area contributed by atoms with Crippen LogP contribution < -0.4 is 4.90 Å². The number of rotatable bonds is 1. The van der Waals surface area contributed by atoms with Gasteiger partial charge in [0, 0.05) is 13.1 Å². The molecule has 82 valence electrons. The van der Waals surface area contributed by atoms with E-state index in [4.69, 9.17) is 0 Å². The summed E-state index contributed by atoms with van der Waals surface area (Å²) in [6.45, 7) is 1.36. The van der Waals surface area contributed by atoms with Gasteiger partial charge in [0.2, 0.25) is 5.95 Å². The van der Waals surface area contributed by atoms with Crippen molar-refractivity contribution in [2.45, 2.75) is 18.9 Å². The molecule has 0 saturated carbocycles. The van der Waals surface area contributed by atoms with Crippen molar-refractivity contribution in [3.63, 3.8) is 0 Å². The molecule has 0 spiro atoms. The third kappa shape index (κ3) is 2.46. The monoisotopic (exact) mass is 274 g/mol. The van der Waals surface area contributed by atoms with E-state index in [9.17, 15) is 9.50 Å². The molecule has 0 bridgehead atoms. The van der Waals surface area contributed by atoms with E-state index >= 15 is 0 Å². The Morgan fingerprint density at radius 1 is 1.53 bits per heavy atom. The summed E-state index contributed by atoms with van der Waals surface area (Å²) in [5.74, 6) is 0.0852. The van der Waals surface area contributed by atoms with Gasteiger partial charge < -0.3 is 10.0 Å². The van der Waals surface area contributed by atoms with Crippen LogP contribution in [0.5, 0.6) is 0 Å². The standard InChI is InChI=1S/C10H12BrFN2O/c11-8-3-4-9(13-10(8)12)14-5-1-2-7(15)6-14/h3-4,7,15H,1-2,5-6H2/t7-/m1/s1. The van der Waals surface area contributed by atoms with E-state index in [2.05, 4.69) is 20.9 Å². The van der Waals surface area contributed by atoms with Gasteiger partial charge in [0.05, 0.1) is 10.6 Å². The zero-order valence-corrected chi connectivity index (χ0v) is 9.74. The topological polar surface area (TPSA) is 36.4 Å². The lowest BCUT2D eigenvalue weighted by Crippen LogP contribution is -2.38. The Kier molecular flexibility index (Phi) is 3.21. The molecule has 1 aromatic rings. The Labute approximate surface area is 96.1 Å². The van der Waals surface area contributed by atoms with Crippen LogP contribution in [0, 0.1) is 5.95 Å². The molecule has 1 aromatic heterocycles. The van der Waals surface area contributed by atoms with Crippen molar-refractivity contribution in [3.05, 3.63) is 22.6 Å². The third-order valence-electron chi connectivity index (χ3n) is 2.51. The Morgan fingerprint density at radius 3 is 3.00 bits per heavy atom. The summed E-state index contributed by atoms with van der Waals surface area (Å²) in [5.41, 5.74) is 0. The van der Waals surface area contributed by atoms with Crippen molar-refractivity contribution in [3.8, 4) is 0 Å². The molecule has 1 atom stereocenters. The minimum Gasteiger partial charge on any atom is -0.391 e. The van der Waals surface area contributed by atoms with Gasteiger partial charge in [0.15, 0.2) is 0 Å². The van der Waals surface area contributed by atoms with Crippen molar-refractivity contribution in [2.75, 3.05) is 18.0 Å². The van der Waals surface area contributed by atoms with Crippen LogP contribution in [0.2, 0.25) is 0 Å². The number of nitrogens with zero attached hydrogens (tertiary/aromatic N) is 2. The van der Waals surface area contributed by atoms with Crippen LogP contribution in [0.3, 0.4) is 0 Å². The smallest absolute Gasteiger partial charge is 0.229 e. The molecule has 3 nitrogen and oxygen atoms in total. The molecule has 0 radical (unpaired) electrons. The van der Waals surface area contributed by atoms with Gasteiger partial charge in [-0.3, -0.25) is 0 Å². The molecule has 1 aliphatic rings. The Balaban J connectivity index is 2.18. The summed E-state index contributed by atoms with van der Waals surface area (Å²) in [6, 6.07) is 3.39. The number of piperidine rings is 1. The quantitative estimate of drug-likeness (QED) is 0.796. The molecule has 5 heteroatoms. The minimum absolute atomic E-state index is 0.327. The maximum absolute atomic E-state index is 13.2. The van der Waals surface area contributed by atoms with E-state index in [0.29, 0.717) is 16.8 Å². The van der Waals surface area contributed by atoms with Gasteiger partial charge >= 0.3 is 0 Å². The molecular weight excluding hydrogens is 263 g/mol. The highest BCUT2D eigenvalue weighted by Crippen LogP contribution is 2.21. The Morgan fingerprint density at radius 2 is 2.33 bits per heavy atom. The number of aliphatic hydroxyl groups excluding tert-OH is 1. The van der Waals surface area contributed by atoms with E-state index in [1.54, 1.807) is 12.1 Å². The van der Waals surface area contributed by atoms with Gasteiger partial charge in [-0.1, -0.05) is 0 Å². The van der Waals surface area contributed by atoms with Gasteiger partial charge in [-0.15, -0.1) is 0 Å². The molecule has 1 aliphatic heterocycles. The van der Waals surface area contributed by atoms with E-state index in [0.717, 1.165) is 19.4 Å². The summed E-state index contributed by atoms with van der Waals surface area (Å²) in [4.78, 5) is 5.74. The van der Waals surface area contributed by atoms with Crippen LogP contribution in [-0.4, -0.2) is 29.3 Å². The van der Waals surface area contributed by atoms with E-state index < -0.39 is 5.95 Å². The number of pyridine rings is 1. The zero-order valence-electron chi connectivity index (χ0n) is 8.16. The lowest BCUT2D eigenvalue weighted by molar-refractivity contribution is 0.153. The van der Waals surface area contributed by atoms with Crippen molar-refractivity contribution < 1.29 is 9.50 Å². The van der Waals surface area contributed by atoms with Gasteiger partial charge in [0.1, 0.15) is 5.82 Å². The summed E-state index contributed by atoms with van der Waals surface area (Å²) < 4.78 is 13.5. The van der Waals surface area contributed by atoms with Crippen LogP contribution in [0.4, 0.5) is 10.2 Å². The lowest BCUT2D eigenvalue weighted by atomic mass is 10.1. The fourth-order valence-electron chi connectivity index (χ4n) is 1.75. The predicted octanol–water partition coefficient (Wildman–Crippen LogP) is 1.94.